The lowest BCUT2D eigenvalue weighted by atomic mass is 10.2. The Bertz CT molecular complexity index is 1080. The van der Waals surface area contributed by atoms with Crippen molar-refractivity contribution >= 4 is 21.6 Å². The Labute approximate surface area is 200 Å². The number of rotatable bonds is 8. The van der Waals surface area contributed by atoms with Gasteiger partial charge in [0.1, 0.15) is 24.2 Å². The van der Waals surface area contributed by atoms with Crippen molar-refractivity contribution in [1.82, 2.24) is 14.8 Å². The van der Waals surface area contributed by atoms with E-state index in [0.717, 1.165) is 40.4 Å². The molecule has 4 rings (SSSR count). The van der Waals surface area contributed by atoms with Crippen LogP contribution in [0.4, 0.5) is 13.2 Å². The van der Waals surface area contributed by atoms with Gasteiger partial charge in [0.2, 0.25) is 0 Å². The largest absolute Gasteiger partial charge is 0.492 e. The van der Waals surface area contributed by atoms with Crippen LogP contribution in [0.3, 0.4) is 0 Å². The predicted molar refractivity (Wildman–Crippen MR) is 125 cm³/mol. The van der Waals surface area contributed by atoms with Crippen LogP contribution in [0.1, 0.15) is 17.5 Å². The van der Waals surface area contributed by atoms with E-state index in [-0.39, 0.29) is 0 Å². The molecular weight excluding hydrogens is 467 g/mol. The fraction of sp³-hybridized carbons (Fsp3) is 0.458. The molecule has 0 aliphatic carbocycles. The number of piperazine rings is 1. The summed E-state index contributed by atoms with van der Waals surface area (Å²) in [5.74, 6) is 1.09. The molecule has 0 radical (unpaired) electrons. The second-order valence-corrected chi connectivity index (χ2v) is 9.59. The third-order valence-corrected chi connectivity index (χ3v) is 6.71. The van der Waals surface area contributed by atoms with Gasteiger partial charge in [-0.25, -0.2) is 4.98 Å². The number of benzene rings is 2. The lowest BCUT2D eigenvalue weighted by Gasteiger charge is -2.40. The Morgan fingerprint density at radius 1 is 1.06 bits per heavy atom. The zero-order chi connectivity index (χ0) is 24.3. The number of halogens is 3. The van der Waals surface area contributed by atoms with Gasteiger partial charge in [0, 0.05) is 38.8 Å². The van der Waals surface area contributed by atoms with Crippen LogP contribution in [0.15, 0.2) is 42.5 Å². The second-order valence-electron chi connectivity index (χ2n) is 8.36. The minimum atomic E-state index is -4.35. The predicted octanol–water partition coefficient (Wildman–Crippen LogP) is 4.41. The van der Waals surface area contributed by atoms with E-state index in [9.17, 15) is 18.3 Å². The maximum atomic E-state index is 12.7. The summed E-state index contributed by atoms with van der Waals surface area (Å²) in [6.45, 7) is 7.71. The van der Waals surface area contributed by atoms with Crippen molar-refractivity contribution in [2.75, 3.05) is 39.3 Å². The molecule has 1 N–H and O–H groups in total. The van der Waals surface area contributed by atoms with Gasteiger partial charge in [0.25, 0.3) is 0 Å². The average Bonchev–Trinajstić information content (AvgIpc) is 3.17. The number of ether oxygens (including phenoxy) is 2. The van der Waals surface area contributed by atoms with Gasteiger partial charge in [-0.3, -0.25) is 9.80 Å². The van der Waals surface area contributed by atoms with E-state index < -0.39 is 24.1 Å². The lowest BCUT2D eigenvalue weighted by molar-refractivity contribution is -0.137. The first-order valence-electron chi connectivity index (χ1n) is 11.2. The third kappa shape index (κ3) is 6.18. The summed E-state index contributed by atoms with van der Waals surface area (Å²) in [7, 11) is 0. The molecule has 1 unspecified atom stereocenters. The summed E-state index contributed by atoms with van der Waals surface area (Å²) in [5.41, 5.74) is 0.203. The fourth-order valence-electron chi connectivity index (χ4n) is 3.99. The molecule has 0 saturated carbocycles. The zero-order valence-corrected chi connectivity index (χ0v) is 19.9. The first-order valence-corrected chi connectivity index (χ1v) is 12.0. The summed E-state index contributed by atoms with van der Waals surface area (Å²) in [6, 6.07) is 10.5. The topological polar surface area (TPSA) is 58.1 Å². The molecule has 0 amide bonds. The second kappa shape index (κ2) is 10.5. The minimum Gasteiger partial charge on any atom is -0.492 e. The van der Waals surface area contributed by atoms with Gasteiger partial charge in [-0.15, -0.1) is 11.3 Å². The van der Waals surface area contributed by atoms with Gasteiger partial charge in [0.15, 0.2) is 6.23 Å². The third-order valence-electron chi connectivity index (χ3n) is 5.76. The van der Waals surface area contributed by atoms with Crippen LogP contribution in [0.2, 0.25) is 0 Å². The summed E-state index contributed by atoms with van der Waals surface area (Å²) in [4.78, 5) is 8.85. The van der Waals surface area contributed by atoms with E-state index in [1.54, 1.807) is 18.3 Å². The van der Waals surface area contributed by atoms with Crippen LogP contribution in [0.5, 0.6) is 11.5 Å². The minimum absolute atomic E-state index is 0.384. The first kappa shape index (κ1) is 24.7. The monoisotopic (exact) mass is 495 g/mol. The molecule has 6 nitrogen and oxygen atoms in total. The highest BCUT2D eigenvalue weighted by molar-refractivity contribution is 7.18. The van der Waals surface area contributed by atoms with E-state index in [1.165, 1.54) is 12.1 Å². The van der Waals surface area contributed by atoms with Crippen molar-refractivity contribution in [2.45, 2.75) is 32.4 Å². The first-order chi connectivity index (χ1) is 16.2. The Balaban J connectivity index is 1.25. The standard InChI is InChI=1S/C24H28F3N3O3S/c1-16(31)23(33-20-7-8-22-21(15-20)28-17(2)34-22)30-11-9-29(10-12-30)13-14-32-19-5-3-18(4-6-19)24(25,26)27/h3-8,15-16,23,31H,9-14H2,1-2H3/t16-,23?/m1/s1. The van der Waals surface area contributed by atoms with Gasteiger partial charge in [-0.2, -0.15) is 13.2 Å². The van der Waals surface area contributed by atoms with Crippen molar-refractivity contribution in [1.29, 1.82) is 0 Å². The van der Waals surface area contributed by atoms with Gasteiger partial charge in [0.05, 0.1) is 20.8 Å². The highest BCUT2D eigenvalue weighted by Gasteiger charge is 2.30. The van der Waals surface area contributed by atoms with Crippen LogP contribution in [-0.4, -0.2) is 71.6 Å². The Hall–Kier alpha value is -2.40. The van der Waals surface area contributed by atoms with E-state index in [4.69, 9.17) is 9.47 Å². The summed E-state index contributed by atoms with van der Waals surface area (Å²) < 4.78 is 50.9. The van der Waals surface area contributed by atoms with Gasteiger partial charge >= 0.3 is 6.18 Å². The molecule has 2 atom stereocenters. The van der Waals surface area contributed by atoms with Crippen molar-refractivity contribution in [3.63, 3.8) is 0 Å². The van der Waals surface area contributed by atoms with E-state index >= 15 is 0 Å². The SMILES string of the molecule is Cc1nc2cc(OC([C@@H](C)O)N3CCN(CCOc4ccc(C(F)(F)F)cc4)CC3)ccc2s1. The van der Waals surface area contributed by atoms with Gasteiger partial charge in [-0.05, 0) is 50.2 Å². The number of hydrogen-bond donors (Lipinski definition) is 1. The van der Waals surface area contributed by atoms with Crippen LogP contribution in [-0.2, 0) is 6.18 Å². The van der Waals surface area contributed by atoms with E-state index in [0.29, 0.717) is 37.7 Å². The maximum absolute atomic E-state index is 12.7. The lowest BCUT2D eigenvalue weighted by Crippen LogP contribution is -2.55. The summed E-state index contributed by atoms with van der Waals surface area (Å²) in [5, 5.41) is 11.4. The molecule has 184 valence electrons. The molecule has 1 aromatic heterocycles. The fourth-order valence-corrected chi connectivity index (χ4v) is 4.79. The van der Waals surface area contributed by atoms with Crippen molar-refractivity contribution in [3.8, 4) is 11.5 Å². The molecule has 1 aliphatic heterocycles. The summed E-state index contributed by atoms with van der Waals surface area (Å²) >= 11 is 1.63. The van der Waals surface area contributed by atoms with Crippen LogP contribution in [0, 0.1) is 6.92 Å². The quantitative estimate of drug-likeness (QED) is 0.500. The number of aliphatic hydroxyl groups is 1. The Kier molecular flexibility index (Phi) is 7.61. The highest BCUT2D eigenvalue weighted by atomic mass is 32.1. The maximum Gasteiger partial charge on any atom is 0.416 e. The molecule has 10 heteroatoms. The Morgan fingerprint density at radius 2 is 1.74 bits per heavy atom. The normalized spacial score (nSPS) is 17.6. The summed E-state index contributed by atoms with van der Waals surface area (Å²) in [6.07, 6.45) is -5.50. The van der Waals surface area contributed by atoms with Crippen LogP contribution >= 0.6 is 11.3 Å². The molecule has 2 heterocycles. The van der Waals surface area contributed by atoms with Crippen molar-refractivity contribution in [2.24, 2.45) is 0 Å². The van der Waals surface area contributed by atoms with Crippen LogP contribution in [0.25, 0.3) is 10.2 Å². The molecule has 2 aromatic carbocycles. The smallest absolute Gasteiger partial charge is 0.416 e. The van der Waals surface area contributed by atoms with Crippen molar-refractivity contribution < 1.29 is 27.8 Å². The van der Waals surface area contributed by atoms with E-state index in [1.807, 2.05) is 25.1 Å². The zero-order valence-electron chi connectivity index (χ0n) is 19.1. The molecule has 1 saturated heterocycles. The molecular formula is C24H28F3N3O3S. The Morgan fingerprint density at radius 3 is 2.38 bits per heavy atom. The number of nitrogens with zero attached hydrogens (tertiary/aromatic N) is 3. The van der Waals surface area contributed by atoms with Gasteiger partial charge in [-0.1, -0.05) is 0 Å². The highest BCUT2D eigenvalue weighted by Crippen LogP contribution is 2.30. The van der Waals surface area contributed by atoms with E-state index in [2.05, 4.69) is 14.8 Å². The molecule has 1 fully saturated rings. The molecule has 34 heavy (non-hydrogen) atoms. The number of aryl methyl sites for hydroxylation is 1. The van der Waals surface area contributed by atoms with Gasteiger partial charge < -0.3 is 14.6 Å². The average molecular weight is 496 g/mol. The van der Waals surface area contributed by atoms with Crippen LogP contribution < -0.4 is 9.47 Å². The number of thiazole rings is 1. The number of aromatic nitrogens is 1. The molecule has 0 spiro atoms. The van der Waals surface area contributed by atoms with Crippen molar-refractivity contribution in [3.05, 3.63) is 53.0 Å². The number of aliphatic hydroxyl groups excluding tert-OH is 1. The molecule has 3 aromatic rings. The molecule has 1 aliphatic rings. The number of alkyl halides is 3. The molecule has 0 bridgehead atoms. The number of fused-ring (bicyclic) bond motifs is 1. The number of hydrogen-bond acceptors (Lipinski definition) is 7.